The third-order valence-corrected chi connectivity index (χ3v) is 5.85. The Kier molecular flexibility index (Phi) is 5.07. The Morgan fingerprint density at radius 3 is 2.88 bits per heavy atom. The maximum Gasteiger partial charge on any atom is 0.230 e. The lowest BCUT2D eigenvalue weighted by molar-refractivity contribution is 0.0759. The Balaban J connectivity index is 1.49. The second-order valence-electron chi connectivity index (χ2n) is 7.47. The van der Waals surface area contributed by atoms with Gasteiger partial charge in [0.05, 0.1) is 18.7 Å². The van der Waals surface area contributed by atoms with Crippen LogP contribution in [0.4, 0.5) is 0 Å². The van der Waals surface area contributed by atoms with Crippen molar-refractivity contribution in [2.24, 2.45) is 0 Å². The highest BCUT2D eigenvalue weighted by atomic mass is 16.4. The van der Waals surface area contributed by atoms with Crippen LogP contribution in [0.3, 0.4) is 0 Å². The number of likely N-dealkylation sites (N-methyl/N-ethyl adjacent to an activating group) is 1. The lowest BCUT2D eigenvalue weighted by atomic mass is 9.87. The molecular formula is C20H28N4O2. The average Bonchev–Trinajstić information content (AvgIpc) is 3.24. The van der Waals surface area contributed by atoms with Gasteiger partial charge in [0.15, 0.2) is 0 Å². The average molecular weight is 356 g/mol. The van der Waals surface area contributed by atoms with Gasteiger partial charge in [-0.05, 0) is 36.9 Å². The van der Waals surface area contributed by atoms with E-state index in [4.69, 9.17) is 4.42 Å². The van der Waals surface area contributed by atoms with E-state index >= 15 is 0 Å². The molecular weight excluding hydrogens is 328 g/mol. The smallest absolute Gasteiger partial charge is 0.230 e. The third-order valence-electron chi connectivity index (χ3n) is 5.85. The summed E-state index contributed by atoms with van der Waals surface area (Å²) in [7, 11) is 0. The number of nitrogens with zero attached hydrogens (tertiary/aromatic N) is 4. The van der Waals surface area contributed by atoms with Crippen LogP contribution >= 0.6 is 0 Å². The number of aliphatic hydroxyl groups is 1. The first-order valence-electron chi connectivity index (χ1n) is 9.68. The zero-order valence-electron chi connectivity index (χ0n) is 15.6. The summed E-state index contributed by atoms with van der Waals surface area (Å²) >= 11 is 0. The van der Waals surface area contributed by atoms with E-state index < -0.39 is 0 Å². The molecule has 1 aliphatic carbocycles. The first-order chi connectivity index (χ1) is 12.7. The van der Waals surface area contributed by atoms with Gasteiger partial charge in [-0.15, -0.1) is 10.2 Å². The van der Waals surface area contributed by atoms with Gasteiger partial charge >= 0.3 is 0 Å². The molecule has 1 aliphatic heterocycles. The highest BCUT2D eigenvalue weighted by molar-refractivity contribution is 5.32. The van der Waals surface area contributed by atoms with E-state index in [0.29, 0.717) is 24.4 Å². The summed E-state index contributed by atoms with van der Waals surface area (Å²) in [6, 6.07) is 9.30. The molecule has 1 aromatic carbocycles. The predicted molar refractivity (Wildman–Crippen MR) is 98.6 cm³/mol. The Labute approximate surface area is 154 Å². The van der Waals surface area contributed by atoms with Crippen molar-refractivity contribution in [2.75, 3.05) is 19.6 Å². The zero-order valence-corrected chi connectivity index (χ0v) is 15.6. The molecule has 0 radical (unpaired) electrons. The molecule has 2 aliphatic rings. The van der Waals surface area contributed by atoms with Crippen LogP contribution in [0.25, 0.3) is 0 Å². The zero-order chi connectivity index (χ0) is 18.1. The van der Waals surface area contributed by atoms with Crippen LogP contribution in [0.5, 0.6) is 0 Å². The van der Waals surface area contributed by atoms with Crippen LogP contribution < -0.4 is 0 Å². The number of aryl methyl sites for hydroxylation is 2. The van der Waals surface area contributed by atoms with E-state index in [2.05, 4.69) is 51.2 Å². The van der Waals surface area contributed by atoms with E-state index in [1.54, 1.807) is 6.92 Å². The van der Waals surface area contributed by atoms with Gasteiger partial charge in [0, 0.05) is 26.1 Å². The van der Waals surface area contributed by atoms with Crippen molar-refractivity contribution in [2.45, 2.75) is 57.8 Å². The number of fused-ring (bicyclic) bond motifs is 1. The van der Waals surface area contributed by atoms with E-state index in [0.717, 1.165) is 19.6 Å². The monoisotopic (exact) mass is 356 g/mol. The second-order valence-corrected chi connectivity index (χ2v) is 7.47. The van der Waals surface area contributed by atoms with Crippen LogP contribution in [0.1, 0.15) is 48.7 Å². The molecule has 140 valence electrons. The Hall–Kier alpha value is -1.76. The molecule has 6 heteroatoms. The first-order valence-corrected chi connectivity index (χ1v) is 9.68. The second kappa shape index (κ2) is 7.47. The lowest BCUT2D eigenvalue weighted by Crippen LogP contribution is -2.43. The van der Waals surface area contributed by atoms with Crippen molar-refractivity contribution < 1.29 is 9.52 Å². The summed E-state index contributed by atoms with van der Waals surface area (Å²) in [6.45, 7) is 6.96. The number of likely N-dealkylation sites (tertiary alicyclic amines) is 1. The Bertz CT molecular complexity index is 747. The lowest BCUT2D eigenvalue weighted by Gasteiger charge is -2.34. The number of rotatable bonds is 5. The topological polar surface area (TPSA) is 65.6 Å². The predicted octanol–water partition coefficient (Wildman–Crippen LogP) is 2.32. The fourth-order valence-corrected chi connectivity index (χ4v) is 4.56. The molecule has 6 nitrogen and oxygen atoms in total. The quantitative estimate of drug-likeness (QED) is 0.887. The number of aromatic nitrogens is 2. The highest BCUT2D eigenvalue weighted by Crippen LogP contribution is 2.36. The minimum Gasteiger partial charge on any atom is -0.424 e. The maximum absolute atomic E-state index is 10.8. The van der Waals surface area contributed by atoms with Crippen LogP contribution in [0.15, 0.2) is 28.7 Å². The summed E-state index contributed by atoms with van der Waals surface area (Å²) in [4.78, 5) is 4.72. The molecule has 2 unspecified atom stereocenters. The largest absolute Gasteiger partial charge is 0.424 e. The number of benzene rings is 1. The molecule has 1 fully saturated rings. The van der Waals surface area contributed by atoms with Gasteiger partial charge < -0.3 is 9.52 Å². The summed E-state index contributed by atoms with van der Waals surface area (Å²) in [5.41, 5.74) is 2.91. The molecule has 0 bridgehead atoms. The molecule has 2 heterocycles. The summed E-state index contributed by atoms with van der Waals surface area (Å²) < 4.78 is 5.54. The summed E-state index contributed by atoms with van der Waals surface area (Å²) in [5, 5.41) is 18.8. The van der Waals surface area contributed by atoms with Gasteiger partial charge in [-0.1, -0.05) is 31.2 Å². The molecule has 1 aromatic heterocycles. The van der Waals surface area contributed by atoms with Gasteiger partial charge in [0.1, 0.15) is 0 Å². The fourth-order valence-electron chi connectivity index (χ4n) is 4.56. The molecule has 0 amide bonds. The molecule has 1 N–H and O–H groups in total. The van der Waals surface area contributed by atoms with Gasteiger partial charge in [-0.2, -0.15) is 0 Å². The molecule has 0 spiro atoms. The minimum atomic E-state index is -0.354. The number of hydrogen-bond acceptors (Lipinski definition) is 6. The molecule has 0 saturated carbocycles. The van der Waals surface area contributed by atoms with Gasteiger partial charge in [0.2, 0.25) is 11.8 Å². The van der Waals surface area contributed by atoms with Crippen LogP contribution in [0, 0.1) is 6.92 Å². The van der Waals surface area contributed by atoms with Crippen molar-refractivity contribution in [3.63, 3.8) is 0 Å². The van der Waals surface area contributed by atoms with Crippen LogP contribution in [0.2, 0.25) is 0 Å². The van der Waals surface area contributed by atoms with Crippen molar-refractivity contribution >= 4 is 0 Å². The Morgan fingerprint density at radius 1 is 1.27 bits per heavy atom. The molecule has 1 saturated heterocycles. The number of β-amino-alcohol motifs (C(OH)–C–C–N with tert-alkyl or cyclic N) is 1. The van der Waals surface area contributed by atoms with Gasteiger partial charge in [0.25, 0.3) is 0 Å². The fraction of sp³-hybridized carbons (Fsp3) is 0.600. The first kappa shape index (κ1) is 17.6. The van der Waals surface area contributed by atoms with Crippen molar-refractivity contribution in [3.05, 3.63) is 47.2 Å². The van der Waals surface area contributed by atoms with Crippen LogP contribution in [-0.4, -0.2) is 56.9 Å². The van der Waals surface area contributed by atoms with E-state index in [1.165, 1.54) is 30.4 Å². The molecule has 26 heavy (non-hydrogen) atoms. The standard InChI is InChI=1S/C20H28N4O2/c1-3-23(13-20-22-21-14(2)26-20)18-11-24(12-19(18)25)17-10-6-8-15-7-4-5-9-16(15)17/h4-5,7,9,17-19,25H,3,6,8,10-13H2,1-2H3/t17?,18?,19-/m1/s1. The molecule has 3 atom stereocenters. The van der Waals surface area contributed by atoms with Crippen LogP contribution in [-0.2, 0) is 13.0 Å². The summed E-state index contributed by atoms with van der Waals surface area (Å²) in [5.74, 6) is 1.21. The number of aliphatic hydroxyl groups excluding tert-OH is 1. The van der Waals surface area contributed by atoms with Gasteiger partial charge in [-0.25, -0.2) is 0 Å². The minimum absolute atomic E-state index is 0.0984. The van der Waals surface area contributed by atoms with Gasteiger partial charge in [-0.3, -0.25) is 9.80 Å². The number of hydrogen-bond donors (Lipinski definition) is 1. The van der Waals surface area contributed by atoms with Crippen molar-refractivity contribution in [3.8, 4) is 0 Å². The van der Waals surface area contributed by atoms with E-state index in [1.807, 2.05) is 0 Å². The van der Waals surface area contributed by atoms with E-state index in [-0.39, 0.29) is 12.1 Å². The van der Waals surface area contributed by atoms with E-state index in [9.17, 15) is 5.11 Å². The summed E-state index contributed by atoms with van der Waals surface area (Å²) in [6.07, 6.45) is 3.21. The molecule has 2 aromatic rings. The molecule has 4 rings (SSSR count). The Morgan fingerprint density at radius 2 is 2.12 bits per heavy atom. The normalized spacial score (nSPS) is 26.4. The van der Waals surface area contributed by atoms with Crippen molar-refractivity contribution in [1.82, 2.24) is 20.0 Å². The third kappa shape index (κ3) is 3.41. The van der Waals surface area contributed by atoms with Crippen molar-refractivity contribution in [1.29, 1.82) is 0 Å². The highest BCUT2D eigenvalue weighted by Gasteiger charge is 2.39. The maximum atomic E-state index is 10.8. The SMILES string of the molecule is CCN(Cc1nnc(C)o1)C1CN(C2CCCc3ccccc32)C[C@H]1O.